The molecule has 0 aliphatic carbocycles. The van der Waals surface area contributed by atoms with Crippen molar-refractivity contribution in [2.45, 2.75) is 32.9 Å². The van der Waals surface area contributed by atoms with E-state index in [1.54, 1.807) is 6.08 Å². The molecule has 1 aliphatic rings. The smallest absolute Gasteiger partial charge is 0.121 e. The van der Waals surface area contributed by atoms with E-state index >= 15 is 0 Å². The van der Waals surface area contributed by atoms with Gasteiger partial charge in [0.15, 0.2) is 0 Å². The lowest BCUT2D eigenvalue weighted by Crippen LogP contribution is -2.31. The van der Waals surface area contributed by atoms with Crippen LogP contribution in [0.25, 0.3) is 0 Å². The lowest BCUT2D eigenvalue weighted by atomic mass is 9.92. The lowest BCUT2D eigenvalue weighted by Gasteiger charge is -2.24. The van der Waals surface area contributed by atoms with E-state index in [1.807, 2.05) is 13.8 Å². The molecule has 12 heavy (non-hydrogen) atoms. The zero-order valence-electron chi connectivity index (χ0n) is 7.94. The number of alkyl halides is 1. The fraction of sp³-hybridized carbons (Fsp3) is 0.800. The molecule has 1 heterocycles. The zero-order valence-corrected chi connectivity index (χ0v) is 7.94. The first kappa shape index (κ1) is 9.72. The summed E-state index contributed by atoms with van der Waals surface area (Å²) in [5.74, 6) is 0.251. The van der Waals surface area contributed by atoms with Gasteiger partial charge in [0.1, 0.15) is 6.17 Å². The molecule has 1 saturated heterocycles. The van der Waals surface area contributed by atoms with Crippen molar-refractivity contribution in [3.63, 3.8) is 0 Å². The molecule has 70 valence electrons. The van der Waals surface area contributed by atoms with Crippen molar-refractivity contribution in [3.05, 3.63) is 11.6 Å². The van der Waals surface area contributed by atoms with Crippen LogP contribution in [0.4, 0.5) is 4.39 Å². The zero-order chi connectivity index (χ0) is 8.97. The molecule has 0 spiro atoms. The van der Waals surface area contributed by atoms with E-state index in [9.17, 15) is 4.39 Å². The number of halogens is 1. The van der Waals surface area contributed by atoms with E-state index in [-0.39, 0.29) is 5.92 Å². The van der Waals surface area contributed by atoms with Crippen LogP contribution in [0, 0.1) is 5.92 Å². The second kappa shape index (κ2) is 4.61. The number of nitrogens with one attached hydrogen (secondary N) is 1. The molecule has 1 unspecified atom stereocenters. The number of allylic oxidation sites excluding steroid dienone is 2. The molecule has 1 N–H and O–H groups in total. The summed E-state index contributed by atoms with van der Waals surface area (Å²) in [7, 11) is 0. The van der Waals surface area contributed by atoms with Gasteiger partial charge in [-0.1, -0.05) is 11.6 Å². The Morgan fingerprint density at radius 2 is 2.00 bits per heavy atom. The van der Waals surface area contributed by atoms with Crippen LogP contribution in [0.3, 0.4) is 0 Å². The van der Waals surface area contributed by atoms with Gasteiger partial charge in [0.05, 0.1) is 0 Å². The fourth-order valence-corrected chi connectivity index (χ4v) is 1.62. The quantitative estimate of drug-likeness (QED) is 0.628. The maximum atomic E-state index is 13.4. The van der Waals surface area contributed by atoms with Gasteiger partial charge in [0, 0.05) is 0 Å². The molecule has 0 aromatic heterocycles. The van der Waals surface area contributed by atoms with Gasteiger partial charge in [-0.05, 0) is 45.7 Å². The van der Waals surface area contributed by atoms with Crippen molar-refractivity contribution in [3.8, 4) is 0 Å². The highest BCUT2D eigenvalue weighted by molar-refractivity contribution is 5.00. The molecule has 2 heteroatoms. The fourth-order valence-electron chi connectivity index (χ4n) is 1.62. The first-order valence-electron chi connectivity index (χ1n) is 4.70. The summed E-state index contributed by atoms with van der Waals surface area (Å²) in [5, 5.41) is 3.24. The predicted octanol–water partition coefficient (Wildman–Crippen LogP) is 2.29. The minimum atomic E-state index is -0.725. The summed E-state index contributed by atoms with van der Waals surface area (Å²) in [4.78, 5) is 0. The SMILES string of the molecule is CC(C)=CC(F)C1CCNCC1. The topological polar surface area (TPSA) is 12.0 Å². The number of piperidine rings is 1. The average Bonchev–Trinajstić information content (AvgIpc) is 2.05. The largest absolute Gasteiger partial charge is 0.317 e. The van der Waals surface area contributed by atoms with Gasteiger partial charge in [0.2, 0.25) is 0 Å². The Bertz CT molecular complexity index is 155. The van der Waals surface area contributed by atoms with Crippen molar-refractivity contribution in [2.75, 3.05) is 13.1 Å². The summed E-state index contributed by atoms with van der Waals surface area (Å²) >= 11 is 0. The Balaban J connectivity index is 2.39. The Hall–Kier alpha value is -0.370. The minimum absolute atomic E-state index is 0.251. The molecule has 1 fully saturated rings. The van der Waals surface area contributed by atoms with E-state index in [4.69, 9.17) is 0 Å². The van der Waals surface area contributed by atoms with Crippen LogP contribution in [-0.4, -0.2) is 19.3 Å². The van der Waals surface area contributed by atoms with Crippen molar-refractivity contribution >= 4 is 0 Å². The highest BCUT2D eigenvalue weighted by Gasteiger charge is 2.20. The third kappa shape index (κ3) is 2.94. The molecule has 1 aliphatic heterocycles. The van der Waals surface area contributed by atoms with Gasteiger partial charge in [-0.25, -0.2) is 4.39 Å². The summed E-state index contributed by atoms with van der Waals surface area (Å²) in [6.45, 7) is 5.85. The molecule has 0 bridgehead atoms. The third-order valence-electron chi connectivity index (χ3n) is 2.33. The standard InChI is InChI=1S/C10H18FN/c1-8(2)7-10(11)9-3-5-12-6-4-9/h7,9-10,12H,3-6H2,1-2H3. The van der Waals surface area contributed by atoms with E-state index in [0.717, 1.165) is 31.5 Å². The number of hydrogen-bond donors (Lipinski definition) is 1. The van der Waals surface area contributed by atoms with Gasteiger partial charge in [-0.15, -0.1) is 0 Å². The maximum Gasteiger partial charge on any atom is 0.121 e. The Morgan fingerprint density at radius 3 is 2.50 bits per heavy atom. The van der Waals surface area contributed by atoms with Gasteiger partial charge < -0.3 is 5.32 Å². The number of hydrogen-bond acceptors (Lipinski definition) is 1. The number of rotatable bonds is 2. The molecular formula is C10H18FN. The molecule has 0 aromatic carbocycles. The minimum Gasteiger partial charge on any atom is -0.317 e. The van der Waals surface area contributed by atoms with Crippen molar-refractivity contribution < 1.29 is 4.39 Å². The first-order valence-corrected chi connectivity index (χ1v) is 4.70. The third-order valence-corrected chi connectivity index (χ3v) is 2.33. The van der Waals surface area contributed by atoms with Crippen molar-refractivity contribution in [1.82, 2.24) is 5.32 Å². The molecule has 0 amide bonds. The van der Waals surface area contributed by atoms with Gasteiger partial charge in [-0.2, -0.15) is 0 Å². The average molecular weight is 171 g/mol. The summed E-state index contributed by atoms with van der Waals surface area (Å²) < 4.78 is 13.4. The highest BCUT2D eigenvalue weighted by atomic mass is 19.1. The molecule has 1 nitrogen and oxygen atoms in total. The normalized spacial score (nSPS) is 21.9. The van der Waals surface area contributed by atoms with E-state index in [1.165, 1.54) is 0 Å². The van der Waals surface area contributed by atoms with Crippen LogP contribution < -0.4 is 5.32 Å². The molecule has 1 atom stereocenters. The van der Waals surface area contributed by atoms with E-state index in [2.05, 4.69) is 5.32 Å². The maximum absolute atomic E-state index is 13.4. The molecular weight excluding hydrogens is 153 g/mol. The van der Waals surface area contributed by atoms with Gasteiger partial charge in [-0.3, -0.25) is 0 Å². The van der Waals surface area contributed by atoms with Crippen molar-refractivity contribution in [1.29, 1.82) is 0 Å². The summed E-state index contributed by atoms with van der Waals surface area (Å²) in [6, 6.07) is 0. The van der Waals surface area contributed by atoms with Crippen LogP contribution >= 0.6 is 0 Å². The molecule has 0 aromatic rings. The van der Waals surface area contributed by atoms with Crippen molar-refractivity contribution in [2.24, 2.45) is 5.92 Å². The van der Waals surface area contributed by atoms with E-state index < -0.39 is 6.17 Å². The second-order valence-electron chi connectivity index (χ2n) is 3.78. The predicted molar refractivity (Wildman–Crippen MR) is 49.9 cm³/mol. The molecule has 0 radical (unpaired) electrons. The van der Waals surface area contributed by atoms with E-state index in [0.29, 0.717) is 0 Å². The Morgan fingerprint density at radius 1 is 1.42 bits per heavy atom. The monoisotopic (exact) mass is 171 g/mol. The molecule has 0 saturated carbocycles. The Kier molecular flexibility index (Phi) is 3.73. The van der Waals surface area contributed by atoms with Crippen LogP contribution in [0.5, 0.6) is 0 Å². The summed E-state index contributed by atoms with van der Waals surface area (Å²) in [6.07, 6.45) is 2.98. The lowest BCUT2D eigenvalue weighted by molar-refractivity contribution is 0.229. The highest BCUT2D eigenvalue weighted by Crippen LogP contribution is 2.20. The molecule has 1 rings (SSSR count). The first-order chi connectivity index (χ1) is 5.70. The van der Waals surface area contributed by atoms with Crippen LogP contribution in [0.15, 0.2) is 11.6 Å². The van der Waals surface area contributed by atoms with Gasteiger partial charge in [0.25, 0.3) is 0 Å². The van der Waals surface area contributed by atoms with Gasteiger partial charge >= 0.3 is 0 Å². The van der Waals surface area contributed by atoms with Crippen LogP contribution in [0.1, 0.15) is 26.7 Å². The summed E-state index contributed by atoms with van der Waals surface area (Å²) in [5.41, 5.74) is 1.08. The second-order valence-corrected chi connectivity index (χ2v) is 3.78. The van der Waals surface area contributed by atoms with Crippen LogP contribution in [-0.2, 0) is 0 Å². The Labute approximate surface area is 74.0 Å². The van der Waals surface area contributed by atoms with Crippen LogP contribution in [0.2, 0.25) is 0 Å².